The van der Waals surface area contributed by atoms with Crippen molar-refractivity contribution >= 4 is 0 Å². The Hall–Kier alpha value is -1.16. The fourth-order valence-corrected chi connectivity index (χ4v) is 1.68. The molecule has 17 heavy (non-hydrogen) atoms. The summed E-state index contributed by atoms with van der Waals surface area (Å²) in [5, 5.41) is 3.19. The number of hydrogen-bond donors (Lipinski definition) is 1. The summed E-state index contributed by atoms with van der Waals surface area (Å²) in [7, 11) is 1.93. The van der Waals surface area contributed by atoms with Crippen LogP contribution >= 0.6 is 0 Å². The lowest BCUT2D eigenvalue weighted by Crippen LogP contribution is -2.24. The van der Waals surface area contributed by atoms with Gasteiger partial charge in [-0.15, -0.1) is 0 Å². The molecular weight excluding hydrogens is 224 g/mol. The smallest absolute Gasteiger partial charge is 0.129 e. The van der Waals surface area contributed by atoms with Crippen LogP contribution in [0.1, 0.15) is 26.2 Å². The van der Waals surface area contributed by atoms with Crippen molar-refractivity contribution in [2.75, 3.05) is 13.7 Å². The minimum absolute atomic E-state index is 0.250. The average Bonchev–Trinajstić information content (AvgIpc) is 2.28. The molecule has 1 aromatic carbocycles. The van der Waals surface area contributed by atoms with Gasteiger partial charge in [-0.05, 0) is 26.3 Å². The molecule has 2 nitrogen and oxygen atoms in total. The number of hydrogen-bond acceptors (Lipinski definition) is 2. The van der Waals surface area contributed by atoms with Crippen molar-refractivity contribution in [2.24, 2.45) is 0 Å². The van der Waals surface area contributed by atoms with Gasteiger partial charge in [0.15, 0.2) is 0 Å². The van der Waals surface area contributed by atoms with Crippen LogP contribution in [0.3, 0.4) is 0 Å². The van der Waals surface area contributed by atoms with Crippen LogP contribution in [0.5, 0.6) is 5.75 Å². The minimum atomic E-state index is -0.610. The van der Waals surface area contributed by atoms with Gasteiger partial charge in [-0.25, -0.2) is 8.78 Å². The predicted molar refractivity (Wildman–Crippen MR) is 64.2 cm³/mol. The van der Waals surface area contributed by atoms with Crippen LogP contribution in [0, 0.1) is 11.6 Å². The molecule has 1 N–H and O–H groups in total. The van der Waals surface area contributed by atoms with E-state index in [-0.39, 0.29) is 5.75 Å². The molecule has 0 saturated carbocycles. The van der Waals surface area contributed by atoms with Gasteiger partial charge in [-0.2, -0.15) is 0 Å². The second-order valence-electron chi connectivity index (χ2n) is 3.99. The van der Waals surface area contributed by atoms with Gasteiger partial charge in [0.05, 0.1) is 6.61 Å². The summed E-state index contributed by atoms with van der Waals surface area (Å²) < 4.78 is 31.0. The normalized spacial score (nSPS) is 12.5. The zero-order valence-corrected chi connectivity index (χ0v) is 10.3. The third-order valence-corrected chi connectivity index (χ3v) is 2.70. The predicted octanol–water partition coefficient (Wildman–Crippen LogP) is 3.12. The molecule has 4 heteroatoms. The van der Waals surface area contributed by atoms with Gasteiger partial charge >= 0.3 is 0 Å². The Morgan fingerprint density at radius 3 is 2.41 bits per heavy atom. The summed E-state index contributed by atoms with van der Waals surface area (Å²) in [5.41, 5.74) is 0. The van der Waals surface area contributed by atoms with Crippen molar-refractivity contribution in [1.82, 2.24) is 5.32 Å². The fourth-order valence-electron chi connectivity index (χ4n) is 1.68. The maximum absolute atomic E-state index is 12.8. The van der Waals surface area contributed by atoms with Crippen LogP contribution in [0.25, 0.3) is 0 Å². The Kier molecular flexibility index (Phi) is 5.91. The van der Waals surface area contributed by atoms with E-state index in [0.29, 0.717) is 12.6 Å². The zero-order chi connectivity index (χ0) is 12.7. The van der Waals surface area contributed by atoms with E-state index in [0.717, 1.165) is 25.3 Å². The van der Waals surface area contributed by atoms with Crippen molar-refractivity contribution in [3.05, 3.63) is 29.8 Å². The molecule has 0 heterocycles. The first-order valence-corrected chi connectivity index (χ1v) is 5.92. The summed E-state index contributed by atoms with van der Waals surface area (Å²) in [6.45, 7) is 2.59. The first-order chi connectivity index (χ1) is 8.15. The number of benzene rings is 1. The van der Waals surface area contributed by atoms with Crippen LogP contribution in [0.15, 0.2) is 18.2 Å². The van der Waals surface area contributed by atoms with Gasteiger partial charge in [0.2, 0.25) is 0 Å². The van der Waals surface area contributed by atoms with Gasteiger partial charge in [0, 0.05) is 24.2 Å². The average molecular weight is 243 g/mol. The Bertz CT molecular complexity index is 320. The van der Waals surface area contributed by atoms with Crippen LogP contribution in [-0.4, -0.2) is 19.7 Å². The summed E-state index contributed by atoms with van der Waals surface area (Å²) >= 11 is 0. The lowest BCUT2D eigenvalue weighted by molar-refractivity contribution is 0.293. The SMILES string of the molecule is CCC(CCCOc1cc(F)cc(F)c1)NC. The topological polar surface area (TPSA) is 21.3 Å². The van der Waals surface area contributed by atoms with Crippen LogP contribution in [0.4, 0.5) is 8.78 Å². The molecule has 0 aliphatic heterocycles. The second-order valence-corrected chi connectivity index (χ2v) is 3.99. The van der Waals surface area contributed by atoms with E-state index in [2.05, 4.69) is 12.2 Å². The molecule has 0 spiro atoms. The van der Waals surface area contributed by atoms with Gasteiger partial charge in [-0.3, -0.25) is 0 Å². The molecule has 0 amide bonds. The molecule has 0 fully saturated rings. The third kappa shape index (κ3) is 5.13. The van der Waals surface area contributed by atoms with Crippen molar-refractivity contribution < 1.29 is 13.5 Å². The summed E-state index contributed by atoms with van der Waals surface area (Å²) in [6.07, 6.45) is 2.91. The summed E-state index contributed by atoms with van der Waals surface area (Å²) in [6, 6.07) is 3.69. The largest absolute Gasteiger partial charge is 0.493 e. The van der Waals surface area contributed by atoms with Crippen molar-refractivity contribution in [2.45, 2.75) is 32.2 Å². The van der Waals surface area contributed by atoms with E-state index < -0.39 is 11.6 Å². The van der Waals surface area contributed by atoms with Gasteiger partial charge in [0.1, 0.15) is 17.4 Å². The lowest BCUT2D eigenvalue weighted by atomic mass is 10.1. The lowest BCUT2D eigenvalue weighted by Gasteiger charge is -2.13. The number of rotatable bonds is 7. The molecule has 0 aromatic heterocycles. The molecule has 96 valence electrons. The van der Waals surface area contributed by atoms with E-state index in [1.807, 2.05) is 7.05 Å². The standard InChI is InChI=1S/C13H19F2NO/c1-3-12(16-2)5-4-6-17-13-8-10(14)7-11(15)9-13/h7-9,12,16H,3-6H2,1-2H3. The molecule has 0 saturated heterocycles. The van der Waals surface area contributed by atoms with Gasteiger partial charge < -0.3 is 10.1 Å². The number of nitrogens with one attached hydrogen (secondary N) is 1. The van der Waals surface area contributed by atoms with Crippen molar-refractivity contribution in [1.29, 1.82) is 0 Å². The third-order valence-electron chi connectivity index (χ3n) is 2.70. The molecule has 1 aromatic rings. The highest BCUT2D eigenvalue weighted by Gasteiger charge is 2.04. The molecule has 0 radical (unpaired) electrons. The molecule has 1 atom stereocenters. The van der Waals surface area contributed by atoms with Crippen LogP contribution in [0.2, 0.25) is 0 Å². The Morgan fingerprint density at radius 1 is 1.24 bits per heavy atom. The van der Waals surface area contributed by atoms with Gasteiger partial charge in [-0.1, -0.05) is 6.92 Å². The quantitative estimate of drug-likeness (QED) is 0.743. The molecule has 1 rings (SSSR count). The van der Waals surface area contributed by atoms with E-state index in [1.54, 1.807) is 0 Å². The first-order valence-electron chi connectivity index (χ1n) is 5.92. The molecule has 0 aliphatic carbocycles. The highest BCUT2D eigenvalue weighted by molar-refractivity contribution is 5.23. The minimum Gasteiger partial charge on any atom is -0.493 e. The molecule has 1 unspecified atom stereocenters. The zero-order valence-electron chi connectivity index (χ0n) is 10.3. The van der Waals surface area contributed by atoms with E-state index in [9.17, 15) is 8.78 Å². The molecular formula is C13H19F2NO. The van der Waals surface area contributed by atoms with E-state index in [1.165, 1.54) is 12.1 Å². The van der Waals surface area contributed by atoms with Gasteiger partial charge in [0.25, 0.3) is 0 Å². The van der Waals surface area contributed by atoms with Crippen molar-refractivity contribution in [3.8, 4) is 5.75 Å². The van der Waals surface area contributed by atoms with Crippen LogP contribution < -0.4 is 10.1 Å². The number of halogens is 2. The Morgan fingerprint density at radius 2 is 1.88 bits per heavy atom. The highest BCUT2D eigenvalue weighted by atomic mass is 19.1. The highest BCUT2D eigenvalue weighted by Crippen LogP contribution is 2.15. The van der Waals surface area contributed by atoms with E-state index >= 15 is 0 Å². The Balaban J connectivity index is 2.31. The summed E-state index contributed by atoms with van der Waals surface area (Å²) in [5.74, 6) is -0.969. The summed E-state index contributed by atoms with van der Waals surface area (Å²) in [4.78, 5) is 0. The fraction of sp³-hybridized carbons (Fsp3) is 0.538. The maximum atomic E-state index is 12.8. The maximum Gasteiger partial charge on any atom is 0.129 e. The molecule has 0 aliphatic rings. The molecule has 0 bridgehead atoms. The van der Waals surface area contributed by atoms with E-state index in [4.69, 9.17) is 4.74 Å². The number of ether oxygens (including phenoxy) is 1. The monoisotopic (exact) mass is 243 g/mol. The van der Waals surface area contributed by atoms with Crippen LogP contribution in [-0.2, 0) is 0 Å². The van der Waals surface area contributed by atoms with Crippen molar-refractivity contribution in [3.63, 3.8) is 0 Å². The second kappa shape index (κ2) is 7.22. The Labute approximate surface area is 101 Å². The first kappa shape index (κ1) is 13.9.